The smallest absolute Gasteiger partial charge is 0.333 e. The Morgan fingerprint density at radius 3 is 2.46 bits per heavy atom. The minimum Gasteiger partial charge on any atom is -0.481 e. The third kappa shape index (κ3) is 4.62. The summed E-state index contributed by atoms with van der Waals surface area (Å²) in [6.45, 7) is 1.93. The molecule has 1 aliphatic rings. The van der Waals surface area contributed by atoms with Crippen LogP contribution >= 0.6 is 0 Å². The van der Waals surface area contributed by atoms with Crippen LogP contribution in [0.2, 0.25) is 0 Å². The molecule has 2 N–H and O–H groups in total. The number of aryl methyl sites for hydroxylation is 1. The summed E-state index contributed by atoms with van der Waals surface area (Å²) in [5.74, 6) is -2.73. The molecule has 0 saturated carbocycles. The molecular formula is C18H19NO5. The van der Waals surface area contributed by atoms with Gasteiger partial charge in [0.05, 0.1) is 12.1 Å². The fraction of sp³-hybridized carbons (Fsp3) is 0.333. The third-order valence-electron chi connectivity index (χ3n) is 4.00. The number of ketones is 1. The molecule has 24 heavy (non-hydrogen) atoms. The average Bonchev–Trinajstić information content (AvgIpc) is 2.99. The molecule has 1 heterocycles. The minimum atomic E-state index is -1.09. The molecule has 126 valence electrons. The predicted molar refractivity (Wildman–Crippen MR) is 88.3 cm³/mol. The molecule has 1 atom stereocenters. The highest BCUT2D eigenvalue weighted by Gasteiger charge is 2.24. The average molecular weight is 329 g/mol. The summed E-state index contributed by atoms with van der Waals surface area (Å²) in [4.78, 5) is 38.2. The van der Waals surface area contributed by atoms with E-state index in [1.54, 1.807) is 0 Å². The van der Waals surface area contributed by atoms with Crippen molar-refractivity contribution in [2.45, 2.75) is 26.2 Å². The van der Waals surface area contributed by atoms with Crippen LogP contribution < -0.4 is 0 Å². The third-order valence-corrected chi connectivity index (χ3v) is 4.00. The highest BCUT2D eigenvalue weighted by Crippen LogP contribution is 2.20. The first-order valence-corrected chi connectivity index (χ1v) is 7.64. The molecule has 0 spiro atoms. The lowest BCUT2D eigenvalue weighted by Crippen LogP contribution is -2.20. The number of allylic oxidation sites excluding steroid dienone is 1. The molecule has 1 aliphatic heterocycles. The summed E-state index contributed by atoms with van der Waals surface area (Å²) in [6.07, 6.45) is 1.66. The van der Waals surface area contributed by atoms with Gasteiger partial charge in [-0.1, -0.05) is 24.3 Å². The Hall–Kier alpha value is -2.76. The molecule has 0 bridgehead atoms. The summed E-state index contributed by atoms with van der Waals surface area (Å²) in [5.41, 5.74) is 2.25. The number of hydrogen-bond donors (Lipinski definition) is 2. The fourth-order valence-corrected chi connectivity index (χ4v) is 2.71. The van der Waals surface area contributed by atoms with Crippen LogP contribution in [0, 0.1) is 12.8 Å². The summed E-state index contributed by atoms with van der Waals surface area (Å²) in [6, 6.07) is 7.65. The molecular weight excluding hydrogens is 310 g/mol. The van der Waals surface area contributed by atoms with Crippen molar-refractivity contribution in [1.82, 2.24) is 0 Å². The maximum atomic E-state index is 12.3. The molecule has 1 aromatic carbocycles. The molecule has 0 saturated heterocycles. The van der Waals surface area contributed by atoms with Gasteiger partial charge in [0.15, 0.2) is 5.78 Å². The fourth-order valence-electron chi connectivity index (χ4n) is 2.71. The van der Waals surface area contributed by atoms with Gasteiger partial charge < -0.3 is 10.2 Å². The molecule has 0 radical (unpaired) electrons. The molecule has 6 nitrogen and oxygen atoms in total. The summed E-state index contributed by atoms with van der Waals surface area (Å²) in [7, 11) is 0. The number of hydrogen-bond acceptors (Lipinski definition) is 4. The lowest BCUT2D eigenvalue weighted by molar-refractivity contribution is -0.138. The molecule has 0 aliphatic carbocycles. The van der Waals surface area contributed by atoms with Gasteiger partial charge in [0.1, 0.15) is 5.71 Å². The van der Waals surface area contributed by atoms with E-state index in [0.717, 1.165) is 11.1 Å². The molecule has 2 rings (SSSR count). The molecule has 0 fully saturated rings. The van der Waals surface area contributed by atoms with Crippen molar-refractivity contribution in [1.29, 1.82) is 0 Å². The highest BCUT2D eigenvalue weighted by atomic mass is 16.4. The normalized spacial score (nSPS) is 14.7. The van der Waals surface area contributed by atoms with Crippen LogP contribution in [0.15, 0.2) is 40.9 Å². The van der Waals surface area contributed by atoms with E-state index < -0.39 is 11.9 Å². The number of rotatable bonds is 8. The van der Waals surface area contributed by atoms with Crippen LogP contribution in [-0.4, -0.2) is 40.2 Å². The van der Waals surface area contributed by atoms with E-state index in [4.69, 9.17) is 10.2 Å². The quantitative estimate of drug-likeness (QED) is 0.759. The van der Waals surface area contributed by atoms with Gasteiger partial charge >= 0.3 is 11.9 Å². The first kappa shape index (κ1) is 17.6. The van der Waals surface area contributed by atoms with E-state index in [-0.39, 0.29) is 42.4 Å². The number of carboxylic acids is 2. The van der Waals surface area contributed by atoms with Crippen molar-refractivity contribution in [3.05, 3.63) is 47.0 Å². The maximum Gasteiger partial charge on any atom is 0.333 e. The predicted octanol–water partition coefficient (Wildman–Crippen LogP) is 2.05. The molecule has 0 aromatic heterocycles. The topological polar surface area (TPSA) is 104 Å². The Morgan fingerprint density at radius 2 is 1.88 bits per heavy atom. The lowest BCUT2D eigenvalue weighted by Gasteiger charge is -2.15. The largest absolute Gasteiger partial charge is 0.481 e. The van der Waals surface area contributed by atoms with Crippen molar-refractivity contribution in [3.63, 3.8) is 0 Å². The molecule has 6 heteroatoms. The van der Waals surface area contributed by atoms with Gasteiger partial charge in [-0.05, 0) is 36.5 Å². The van der Waals surface area contributed by atoms with E-state index in [1.165, 1.54) is 6.08 Å². The van der Waals surface area contributed by atoms with Crippen molar-refractivity contribution >= 4 is 23.4 Å². The van der Waals surface area contributed by atoms with E-state index in [9.17, 15) is 14.4 Å². The lowest BCUT2D eigenvalue weighted by atomic mass is 9.89. The van der Waals surface area contributed by atoms with Crippen LogP contribution in [0.1, 0.15) is 24.0 Å². The zero-order valence-corrected chi connectivity index (χ0v) is 13.4. The van der Waals surface area contributed by atoms with Gasteiger partial charge in [-0.3, -0.25) is 14.6 Å². The van der Waals surface area contributed by atoms with Gasteiger partial charge in [-0.25, -0.2) is 4.79 Å². The monoisotopic (exact) mass is 329 g/mol. The standard InChI is InChI=1S/C18H19NO5/c1-11-4-2-3-5-13(11)6-12(8-17(21)22)7-16(20)15-9-14(10-19-15)18(23)24/h2-5,9,12H,6-8,10H2,1H3,(H,21,22)(H,23,24)/t12-/m0/s1. The first-order chi connectivity index (χ1) is 11.4. The van der Waals surface area contributed by atoms with Gasteiger partial charge in [-0.15, -0.1) is 0 Å². The van der Waals surface area contributed by atoms with E-state index in [1.807, 2.05) is 31.2 Å². The number of carbonyl (C=O) groups is 3. The number of aliphatic carboxylic acids is 2. The Balaban J connectivity index is 2.09. The van der Waals surface area contributed by atoms with Crippen LogP contribution in [0.25, 0.3) is 0 Å². The Kier molecular flexibility index (Phi) is 5.63. The number of carbonyl (C=O) groups excluding carboxylic acids is 1. The Labute approximate surface area is 139 Å². The summed E-state index contributed by atoms with van der Waals surface area (Å²) < 4.78 is 0. The second-order valence-corrected chi connectivity index (χ2v) is 5.90. The zero-order valence-electron chi connectivity index (χ0n) is 13.4. The van der Waals surface area contributed by atoms with Crippen LogP contribution in [-0.2, 0) is 20.8 Å². The first-order valence-electron chi connectivity index (χ1n) is 7.64. The number of aliphatic imine (C=N–C) groups is 1. The van der Waals surface area contributed by atoms with Crippen molar-refractivity contribution in [3.8, 4) is 0 Å². The number of nitrogens with zero attached hydrogens (tertiary/aromatic N) is 1. The minimum absolute atomic E-state index is 0.0161. The van der Waals surface area contributed by atoms with Gasteiger partial charge in [0.25, 0.3) is 0 Å². The van der Waals surface area contributed by atoms with E-state index >= 15 is 0 Å². The Morgan fingerprint density at radius 1 is 1.17 bits per heavy atom. The molecule has 0 amide bonds. The number of benzene rings is 1. The van der Waals surface area contributed by atoms with E-state index in [0.29, 0.717) is 6.42 Å². The van der Waals surface area contributed by atoms with Crippen LogP contribution in [0.3, 0.4) is 0 Å². The SMILES string of the molecule is Cc1ccccc1C[C@H](CC(=O)O)CC(=O)C1=NCC(C(=O)O)=C1. The highest BCUT2D eigenvalue weighted by molar-refractivity contribution is 6.45. The summed E-state index contributed by atoms with van der Waals surface area (Å²) in [5, 5.41) is 18.0. The zero-order chi connectivity index (χ0) is 17.7. The summed E-state index contributed by atoms with van der Waals surface area (Å²) >= 11 is 0. The van der Waals surface area contributed by atoms with Gasteiger partial charge in [0, 0.05) is 12.8 Å². The molecule has 1 aromatic rings. The number of Topliss-reactive ketones (excluding diaryl/α,β-unsaturated/α-hetero) is 1. The van der Waals surface area contributed by atoms with Crippen molar-refractivity contribution in [2.24, 2.45) is 10.9 Å². The van der Waals surface area contributed by atoms with Gasteiger partial charge in [-0.2, -0.15) is 0 Å². The maximum absolute atomic E-state index is 12.3. The Bertz CT molecular complexity index is 733. The number of carboxylic acid groups (broad SMARTS) is 2. The second-order valence-electron chi connectivity index (χ2n) is 5.90. The molecule has 0 unspecified atom stereocenters. The van der Waals surface area contributed by atoms with Crippen LogP contribution in [0.4, 0.5) is 0 Å². The second kappa shape index (κ2) is 7.68. The van der Waals surface area contributed by atoms with Crippen molar-refractivity contribution < 1.29 is 24.6 Å². The van der Waals surface area contributed by atoms with Crippen LogP contribution in [0.5, 0.6) is 0 Å². The van der Waals surface area contributed by atoms with E-state index in [2.05, 4.69) is 4.99 Å². The van der Waals surface area contributed by atoms with Crippen molar-refractivity contribution in [2.75, 3.05) is 6.54 Å². The van der Waals surface area contributed by atoms with Gasteiger partial charge in [0.2, 0.25) is 0 Å².